The summed E-state index contributed by atoms with van der Waals surface area (Å²) in [6, 6.07) is 19.8. The SMILES string of the molecule is COc1cc(Nc2c(C#N)cnc3cc(-c4ccc(CN5CCC(C(=O)O)CC5)cc4)ccc23)c(Cl)cc1Cl. The first-order valence-electron chi connectivity index (χ1n) is 12.5. The molecule has 3 aromatic carbocycles. The average molecular weight is 561 g/mol. The quantitative estimate of drug-likeness (QED) is 0.248. The number of ether oxygens (including phenoxy) is 1. The molecule has 1 aromatic heterocycles. The van der Waals surface area contributed by atoms with Gasteiger partial charge >= 0.3 is 5.97 Å². The number of nitrogens with one attached hydrogen (secondary N) is 1. The Morgan fingerprint density at radius 3 is 2.49 bits per heavy atom. The van der Waals surface area contributed by atoms with Crippen molar-refractivity contribution in [3.8, 4) is 22.9 Å². The lowest BCUT2D eigenvalue weighted by Gasteiger charge is -2.30. The van der Waals surface area contributed by atoms with Crippen LogP contribution in [-0.2, 0) is 11.3 Å². The summed E-state index contributed by atoms with van der Waals surface area (Å²) in [7, 11) is 1.53. The van der Waals surface area contributed by atoms with Crippen LogP contribution < -0.4 is 10.1 Å². The van der Waals surface area contributed by atoms with E-state index in [9.17, 15) is 15.2 Å². The van der Waals surface area contributed by atoms with Gasteiger partial charge in [0.1, 0.15) is 11.8 Å². The lowest BCUT2D eigenvalue weighted by atomic mass is 9.96. The fraction of sp³-hybridized carbons (Fsp3) is 0.233. The zero-order valence-corrected chi connectivity index (χ0v) is 22.8. The Hall–Kier alpha value is -3.83. The van der Waals surface area contributed by atoms with Crippen molar-refractivity contribution in [2.24, 2.45) is 5.92 Å². The van der Waals surface area contributed by atoms with Gasteiger partial charge in [0.2, 0.25) is 0 Å². The Labute approximate surface area is 236 Å². The molecule has 39 heavy (non-hydrogen) atoms. The molecule has 1 saturated heterocycles. The molecule has 0 unspecified atom stereocenters. The molecule has 0 radical (unpaired) electrons. The lowest BCUT2D eigenvalue weighted by molar-refractivity contribution is -0.143. The van der Waals surface area contributed by atoms with Crippen LogP contribution in [0.1, 0.15) is 24.0 Å². The molecule has 0 spiro atoms. The summed E-state index contributed by atoms with van der Waals surface area (Å²) in [4.78, 5) is 18.0. The van der Waals surface area contributed by atoms with Crippen LogP contribution in [0.4, 0.5) is 11.4 Å². The molecule has 4 aromatic rings. The predicted octanol–water partition coefficient (Wildman–Crippen LogP) is 7.13. The van der Waals surface area contributed by atoms with Gasteiger partial charge < -0.3 is 15.2 Å². The van der Waals surface area contributed by atoms with Crippen LogP contribution in [0.15, 0.2) is 60.8 Å². The maximum absolute atomic E-state index is 11.2. The smallest absolute Gasteiger partial charge is 0.306 e. The molecule has 0 saturated carbocycles. The van der Waals surface area contributed by atoms with Gasteiger partial charge in [0.15, 0.2) is 0 Å². The molecular formula is C30H26Cl2N4O3. The molecule has 1 aliphatic heterocycles. The van der Waals surface area contributed by atoms with Crippen molar-refractivity contribution >= 4 is 51.4 Å². The zero-order chi connectivity index (χ0) is 27.5. The molecule has 2 N–H and O–H groups in total. The first-order valence-corrected chi connectivity index (χ1v) is 13.3. The van der Waals surface area contributed by atoms with E-state index in [1.54, 1.807) is 18.3 Å². The van der Waals surface area contributed by atoms with Crippen molar-refractivity contribution in [3.05, 3.63) is 82.0 Å². The summed E-state index contributed by atoms with van der Waals surface area (Å²) in [5.74, 6) is -0.448. The van der Waals surface area contributed by atoms with Crippen molar-refractivity contribution in [1.82, 2.24) is 9.88 Å². The van der Waals surface area contributed by atoms with Crippen LogP contribution in [-0.4, -0.2) is 41.2 Å². The number of anilines is 2. The number of piperidine rings is 1. The number of aromatic nitrogens is 1. The highest BCUT2D eigenvalue weighted by atomic mass is 35.5. The second kappa shape index (κ2) is 11.5. The number of carbonyl (C=O) groups is 1. The summed E-state index contributed by atoms with van der Waals surface area (Å²) in [6.45, 7) is 2.39. The molecule has 0 bridgehead atoms. The van der Waals surface area contributed by atoms with Gasteiger partial charge in [0.05, 0.1) is 45.5 Å². The van der Waals surface area contributed by atoms with Gasteiger partial charge in [-0.3, -0.25) is 14.7 Å². The molecule has 0 amide bonds. The number of carboxylic acids is 1. The lowest BCUT2D eigenvalue weighted by Crippen LogP contribution is -2.35. The first-order chi connectivity index (χ1) is 18.9. The zero-order valence-electron chi connectivity index (χ0n) is 21.2. The van der Waals surface area contributed by atoms with Crippen LogP contribution >= 0.6 is 23.2 Å². The normalized spacial score (nSPS) is 14.2. The summed E-state index contributed by atoms with van der Waals surface area (Å²) < 4.78 is 5.32. The van der Waals surface area contributed by atoms with Gasteiger partial charge in [-0.15, -0.1) is 0 Å². The Morgan fingerprint density at radius 1 is 1.10 bits per heavy atom. The monoisotopic (exact) mass is 560 g/mol. The standard InChI is InChI=1S/C30H26Cl2N4O3/c1-39-28-14-27(24(31)13-25(28)32)35-29-22(15-33)16-34-26-12-21(6-7-23(26)29)19-4-2-18(3-5-19)17-36-10-8-20(9-11-36)30(37)38/h2-7,12-14,16,20H,8-11,17H2,1H3,(H,34,35)(H,37,38). The number of aliphatic carboxylic acids is 1. The molecule has 1 aliphatic rings. The topological polar surface area (TPSA) is 98.5 Å². The number of nitriles is 1. The van der Waals surface area contributed by atoms with Gasteiger partial charge in [0, 0.05) is 24.2 Å². The molecule has 0 aliphatic carbocycles. The summed E-state index contributed by atoms with van der Waals surface area (Å²) in [5, 5.41) is 23.8. The number of hydrogen-bond donors (Lipinski definition) is 2. The van der Waals surface area contributed by atoms with Gasteiger partial charge in [-0.2, -0.15) is 5.26 Å². The van der Waals surface area contributed by atoms with E-state index in [4.69, 9.17) is 27.9 Å². The van der Waals surface area contributed by atoms with E-state index in [1.807, 2.05) is 18.2 Å². The van der Waals surface area contributed by atoms with Crippen LogP contribution in [0, 0.1) is 17.2 Å². The van der Waals surface area contributed by atoms with E-state index in [0.29, 0.717) is 45.6 Å². The highest BCUT2D eigenvalue weighted by Gasteiger charge is 2.24. The molecule has 9 heteroatoms. The molecule has 198 valence electrons. The minimum absolute atomic E-state index is 0.226. The third-order valence-electron chi connectivity index (χ3n) is 7.12. The number of carboxylic acid groups (broad SMARTS) is 1. The van der Waals surface area contributed by atoms with Crippen molar-refractivity contribution in [2.75, 3.05) is 25.5 Å². The maximum Gasteiger partial charge on any atom is 0.306 e. The van der Waals surface area contributed by atoms with Crippen molar-refractivity contribution in [1.29, 1.82) is 5.26 Å². The Bertz CT molecular complexity index is 1580. The molecule has 0 atom stereocenters. The van der Waals surface area contributed by atoms with E-state index in [-0.39, 0.29) is 5.92 Å². The molecular weight excluding hydrogens is 535 g/mol. The van der Waals surface area contributed by atoms with E-state index >= 15 is 0 Å². The van der Waals surface area contributed by atoms with Crippen molar-refractivity contribution in [2.45, 2.75) is 19.4 Å². The van der Waals surface area contributed by atoms with E-state index in [1.165, 1.54) is 12.7 Å². The third kappa shape index (κ3) is 5.79. The Morgan fingerprint density at radius 2 is 1.82 bits per heavy atom. The van der Waals surface area contributed by atoms with Gasteiger partial charge in [-0.25, -0.2) is 0 Å². The van der Waals surface area contributed by atoms with Crippen molar-refractivity contribution < 1.29 is 14.6 Å². The number of rotatable bonds is 7. The molecule has 7 nitrogen and oxygen atoms in total. The average Bonchev–Trinajstić information content (AvgIpc) is 2.95. The third-order valence-corrected chi connectivity index (χ3v) is 7.73. The number of likely N-dealkylation sites (tertiary alicyclic amines) is 1. The second-order valence-corrected chi connectivity index (χ2v) is 10.4. The Kier molecular flexibility index (Phi) is 7.89. The minimum atomic E-state index is -0.690. The number of halogens is 2. The highest BCUT2D eigenvalue weighted by molar-refractivity contribution is 6.37. The van der Waals surface area contributed by atoms with Crippen LogP contribution in [0.25, 0.3) is 22.0 Å². The number of hydrogen-bond acceptors (Lipinski definition) is 6. The number of benzene rings is 3. The largest absolute Gasteiger partial charge is 0.495 e. The summed E-state index contributed by atoms with van der Waals surface area (Å²) >= 11 is 12.6. The van der Waals surface area contributed by atoms with Gasteiger partial charge in [-0.1, -0.05) is 59.6 Å². The summed E-state index contributed by atoms with van der Waals surface area (Å²) in [6.07, 6.45) is 2.94. The highest BCUT2D eigenvalue weighted by Crippen LogP contribution is 2.38. The maximum atomic E-state index is 11.2. The van der Waals surface area contributed by atoms with E-state index in [0.717, 1.165) is 41.7 Å². The molecule has 5 rings (SSSR count). The number of fused-ring (bicyclic) bond motifs is 1. The van der Waals surface area contributed by atoms with E-state index < -0.39 is 5.97 Å². The number of pyridine rings is 1. The van der Waals surface area contributed by atoms with Crippen molar-refractivity contribution in [3.63, 3.8) is 0 Å². The summed E-state index contributed by atoms with van der Waals surface area (Å²) in [5.41, 5.74) is 5.53. The number of nitrogens with zero attached hydrogens (tertiary/aromatic N) is 3. The fourth-order valence-electron chi connectivity index (χ4n) is 4.91. The van der Waals surface area contributed by atoms with Gasteiger partial charge in [0.25, 0.3) is 0 Å². The fourth-order valence-corrected chi connectivity index (χ4v) is 5.42. The first kappa shape index (κ1) is 26.8. The van der Waals surface area contributed by atoms with Crippen LogP contribution in [0.3, 0.4) is 0 Å². The van der Waals surface area contributed by atoms with E-state index in [2.05, 4.69) is 45.5 Å². The molecule has 2 heterocycles. The number of methoxy groups -OCH3 is 1. The predicted molar refractivity (Wildman–Crippen MR) is 154 cm³/mol. The second-order valence-electron chi connectivity index (χ2n) is 9.57. The minimum Gasteiger partial charge on any atom is -0.495 e. The molecule has 1 fully saturated rings. The Balaban J connectivity index is 1.38. The van der Waals surface area contributed by atoms with Crippen LogP contribution in [0.5, 0.6) is 5.75 Å². The van der Waals surface area contributed by atoms with Crippen LogP contribution in [0.2, 0.25) is 10.0 Å². The van der Waals surface area contributed by atoms with Gasteiger partial charge in [-0.05, 0) is 54.8 Å².